The van der Waals surface area contributed by atoms with E-state index in [4.69, 9.17) is 4.18 Å². The second kappa shape index (κ2) is 4.64. The van der Waals surface area contributed by atoms with Gasteiger partial charge in [0, 0.05) is 0 Å². The molecule has 1 fully saturated rings. The highest BCUT2D eigenvalue weighted by molar-refractivity contribution is 7.86. The largest absolute Gasteiger partial charge is 0.390 e. The molecule has 0 saturated heterocycles. The van der Waals surface area contributed by atoms with Gasteiger partial charge in [-0.1, -0.05) is 17.7 Å². The molecule has 1 aromatic rings. The van der Waals surface area contributed by atoms with Gasteiger partial charge in [0.1, 0.15) is 0 Å². The van der Waals surface area contributed by atoms with Crippen LogP contribution in [0.15, 0.2) is 29.2 Å². The fourth-order valence-corrected chi connectivity index (χ4v) is 3.24. The van der Waals surface area contributed by atoms with Crippen LogP contribution in [0.25, 0.3) is 0 Å². The molecule has 18 heavy (non-hydrogen) atoms. The van der Waals surface area contributed by atoms with Crippen LogP contribution in [0.3, 0.4) is 0 Å². The normalized spacial score (nSPS) is 27.8. The van der Waals surface area contributed by atoms with Gasteiger partial charge >= 0.3 is 0 Å². The molecule has 0 bridgehead atoms. The van der Waals surface area contributed by atoms with Gasteiger partial charge in [0.05, 0.1) is 17.1 Å². The van der Waals surface area contributed by atoms with Crippen molar-refractivity contribution in [3.05, 3.63) is 29.8 Å². The SMILES string of the molecule is Cc1ccc(S(=O)(=O)OC[C@H]2C[C@@](C)(O)C2)cc1. The molecule has 0 amide bonds. The van der Waals surface area contributed by atoms with Crippen LogP contribution in [0, 0.1) is 12.8 Å². The zero-order valence-corrected chi connectivity index (χ0v) is 11.4. The maximum Gasteiger partial charge on any atom is 0.296 e. The van der Waals surface area contributed by atoms with Gasteiger partial charge < -0.3 is 5.11 Å². The third kappa shape index (κ3) is 3.10. The Morgan fingerprint density at radius 3 is 2.39 bits per heavy atom. The van der Waals surface area contributed by atoms with Gasteiger partial charge in [0.25, 0.3) is 10.1 Å². The van der Waals surface area contributed by atoms with Gasteiger partial charge in [-0.15, -0.1) is 0 Å². The molecule has 1 saturated carbocycles. The first-order valence-electron chi connectivity index (χ1n) is 5.97. The van der Waals surface area contributed by atoms with E-state index in [1.165, 1.54) is 0 Å². The van der Waals surface area contributed by atoms with E-state index < -0.39 is 15.7 Å². The highest BCUT2D eigenvalue weighted by Gasteiger charge is 2.39. The molecule has 4 nitrogen and oxygen atoms in total. The van der Waals surface area contributed by atoms with E-state index in [0.717, 1.165) is 5.56 Å². The van der Waals surface area contributed by atoms with Crippen molar-refractivity contribution in [1.29, 1.82) is 0 Å². The summed E-state index contributed by atoms with van der Waals surface area (Å²) in [6, 6.07) is 6.57. The van der Waals surface area contributed by atoms with Crippen LogP contribution < -0.4 is 0 Å². The summed E-state index contributed by atoms with van der Waals surface area (Å²) in [5.74, 6) is 0.125. The average Bonchev–Trinajstić information content (AvgIpc) is 2.24. The summed E-state index contributed by atoms with van der Waals surface area (Å²) in [7, 11) is -3.67. The van der Waals surface area contributed by atoms with Crippen molar-refractivity contribution in [2.24, 2.45) is 5.92 Å². The first kappa shape index (κ1) is 13.5. The van der Waals surface area contributed by atoms with Crippen molar-refractivity contribution >= 4 is 10.1 Å². The number of hydrogen-bond acceptors (Lipinski definition) is 4. The monoisotopic (exact) mass is 270 g/mol. The maximum absolute atomic E-state index is 11.9. The Kier molecular flexibility index (Phi) is 3.49. The second-order valence-corrected chi connectivity index (χ2v) is 6.94. The minimum atomic E-state index is -3.67. The standard InChI is InChI=1S/C13H18O4S/c1-10-3-5-12(6-4-10)18(15,16)17-9-11-7-13(2,14)8-11/h3-6,11,14H,7-9H2,1-2H3/t11-,13+. The van der Waals surface area contributed by atoms with Gasteiger partial charge in [-0.2, -0.15) is 8.42 Å². The lowest BCUT2D eigenvalue weighted by atomic mass is 9.73. The van der Waals surface area contributed by atoms with Crippen LogP contribution in [-0.2, 0) is 14.3 Å². The molecule has 1 N–H and O–H groups in total. The van der Waals surface area contributed by atoms with Crippen LogP contribution in [0.1, 0.15) is 25.3 Å². The van der Waals surface area contributed by atoms with Gasteiger partial charge in [0.15, 0.2) is 0 Å². The Morgan fingerprint density at radius 2 is 1.89 bits per heavy atom. The van der Waals surface area contributed by atoms with Crippen molar-refractivity contribution in [1.82, 2.24) is 0 Å². The first-order chi connectivity index (χ1) is 8.28. The van der Waals surface area contributed by atoms with Crippen molar-refractivity contribution in [3.8, 4) is 0 Å². The molecule has 0 heterocycles. The number of rotatable bonds is 4. The summed E-state index contributed by atoms with van der Waals surface area (Å²) < 4.78 is 28.7. The number of aliphatic hydroxyl groups is 1. The summed E-state index contributed by atoms with van der Waals surface area (Å²) in [5.41, 5.74) is 0.353. The highest BCUT2D eigenvalue weighted by Crippen LogP contribution is 2.37. The molecule has 1 aromatic carbocycles. The molecule has 0 aliphatic heterocycles. The predicted octanol–water partition coefficient (Wildman–Crippen LogP) is 1.86. The van der Waals surface area contributed by atoms with Crippen LogP contribution in [-0.4, -0.2) is 25.7 Å². The lowest BCUT2D eigenvalue weighted by Gasteiger charge is -2.40. The average molecular weight is 270 g/mol. The van der Waals surface area contributed by atoms with E-state index in [1.54, 1.807) is 31.2 Å². The van der Waals surface area contributed by atoms with Crippen molar-refractivity contribution < 1.29 is 17.7 Å². The zero-order chi connectivity index (χ0) is 13.4. The van der Waals surface area contributed by atoms with Gasteiger partial charge in [-0.3, -0.25) is 4.18 Å². The second-order valence-electron chi connectivity index (χ2n) is 5.32. The third-order valence-electron chi connectivity index (χ3n) is 3.23. The Morgan fingerprint density at radius 1 is 1.33 bits per heavy atom. The molecule has 0 atom stereocenters. The molecule has 0 aromatic heterocycles. The lowest BCUT2D eigenvalue weighted by molar-refractivity contribution is -0.0685. The minimum Gasteiger partial charge on any atom is -0.390 e. The Hall–Kier alpha value is -0.910. The van der Waals surface area contributed by atoms with Gasteiger partial charge in [0.2, 0.25) is 0 Å². The Labute approximate surface area is 108 Å². The summed E-state index contributed by atoms with van der Waals surface area (Å²) in [6.45, 7) is 3.79. The third-order valence-corrected chi connectivity index (χ3v) is 4.52. The molecule has 5 heteroatoms. The smallest absolute Gasteiger partial charge is 0.296 e. The number of hydrogen-bond donors (Lipinski definition) is 1. The van der Waals surface area contributed by atoms with E-state index in [0.29, 0.717) is 12.8 Å². The Balaban J connectivity index is 1.94. The lowest BCUT2D eigenvalue weighted by Crippen LogP contribution is -2.42. The summed E-state index contributed by atoms with van der Waals surface area (Å²) >= 11 is 0. The van der Waals surface area contributed by atoms with E-state index in [2.05, 4.69) is 0 Å². The van der Waals surface area contributed by atoms with Crippen LogP contribution >= 0.6 is 0 Å². The molecule has 1 aliphatic carbocycles. The zero-order valence-electron chi connectivity index (χ0n) is 10.6. The highest BCUT2D eigenvalue weighted by atomic mass is 32.2. The molecule has 0 radical (unpaired) electrons. The molecular formula is C13H18O4S. The van der Waals surface area contributed by atoms with E-state index in [1.807, 2.05) is 6.92 Å². The van der Waals surface area contributed by atoms with Crippen molar-refractivity contribution in [2.45, 2.75) is 37.2 Å². The maximum atomic E-state index is 11.9. The Bertz CT molecular complexity index is 508. The van der Waals surface area contributed by atoms with Crippen LogP contribution in [0.5, 0.6) is 0 Å². The molecule has 2 rings (SSSR count). The van der Waals surface area contributed by atoms with E-state index >= 15 is 0 Å². The predicted molar refractivity (Wildman–Crippen MR) is 67.7 cm³/mol. The summed E-state index contributed by atoms with van der Waals surface area (Å²) in [6.07, 6.45) is 1.19. The van der Waals surface area contributed by atoms with Gasteiger partial charge in [-0.25, -0.2) is 0 Å². The van der Waals surface area contributed by atoms with Crippen LogP contribution in [0.2, 0.25) is 0 Å². The fourth-order valence-electron chi connectivity index (χ4n) is 2.26. The van der Waals surface area contributed by atoms with Crippen LogP contribution in [0.4, 0.5) is 0 Å². The topological polar surface area (TPSA) is 63.6 Å². The molecule has 0 unspecified atom stereocenters. The summed E-state index contributed by atoms with van der Waals surface area (Å²) in [5, 5.41) is 9.56. The number of benzene rings is 1. The quantitative estimate of drug-likeness (QED) is 0.848. The minimum absolute atomic E-state index is 0.125. The van der Waals surface area contributed by atoms with Gasteiger partial charge in [-0.05, 0) is 44.7 Å². The summed E-state index contributed by atoms with van der Waals surface area (Å²) in [4.78, 5) is 0.180. The van der Waals surface area contributed by atoms with Crippen molar-refractivity contribution in [3.63, 3.8) is 0 Å². The number of aryl methyl sites for hydroxylation is 1. The molecule has 0 spiro atoms. The van der Waals surface area contributed by atoms with Crippen molar-refractivity contribution in [2.75, 3.05) is 6.61 Å². The van der Waals surface area contributed by atoms with E-state index in [9.17, 15) is 13.5 Å². The van der Waals surface area contributed by atoms with E-state index in [-0.39, 0.29) is 17.4 Å². The molecule has 100 valence electrons. The first-order valence-corrected chi connectivity index (χ1v) is 7.38. The molecule has 1 aliphatic rings. The molecular weight excluding hydrogens is 252 g/mol. The fraction of sp³-hybridized carbons (Fsp3) is 0.538.